The largest absolute Gasteiger partial charge is 0.493 e. The summed E-state index contributed by atoms with van der Waals surface area (Å²) in [4.78, 5) is 22.6. The van der Waals surface area contributed by atoms with Gasteiger partial charge in [-0.1, -0.05) is 6.07 Å². The Balaban J connectivity index is 2.32. The van der Waals surface area contributed by atoms with E-state index in [4.69, 9.17) is 14.2 Å². The van der Waals surface area contributed by atoms with E-state index < -0.39 is 10.9 Å². The van der Waals surface area contributed by atoms with Crippen LogP contribution in [0.4, 0.5) is 11.4 Å². The minimum absolute atomic E-state index is 0.102. The summed E-state index contributed by atoms with van der Waals surface area (Å²) < 4.78 is 15.2. The van der Waals surface area contributed by atoms with Gasteiger partial charge < -0.3 is 19.5 Å². The van der Waals surface area contributed by atoms with Gasteiger partial charge in [0.25, 0.3) is 5.69 Å². The SMILES string of the molecule is COC(=O)c1cc([N+](=O)[O-])c(C)cc1NCc1ccc(OC)c(OC)c1. The Labute approximate surface area is 150 Å². The summed E-state index contributed by atoms with van der Waals surface area (Å²) in [6.07, 6.45) is 0. The Morgan fingerprint density at radius 2 is 1.81 bits per heavy atom. The predicted molar refractivity (Wildman–Crippen MR) is 96.0 cm³/mol. The van der Waals surface area contributed by atoms with Crippen LogP contribution in [0, 0.1) is 17.0 Å². The van der Waals surface area contributed by atoms with Crippen molar-refractivity contribution in [2.24, 2.45) is 0 Å². The highest BCUT2D eigenvalue weighted by Crippen LogP contribution is 2.30. The molecule has 0 amide bonds. The number of benzene rings is 2. The van der Waals surface area contributed by atoms with E-state index in [1.807, 2.05) is 12.1 Å². The number of rotatable bonds is 7. The van der Waals surface area contributed by atoms with Crippen LogP contribution in [0.15, 0.2) is 30.3 Å². The molecule has 0 aromatic heterocycles. The molecule has 0 aliphatic carbocycles. The van der Waals surface area contributed by atoms with Crippen molar-refractivity contribution in [3.63, 3.8) is 0 Å². The number of esters is 1. The van der Waals surface area contributed by atoms with Crippen LogP contribution in [0.1, 0.15) is 21.5 Å². The van der Waals surface area contributed by atoms with E-state index in [2.05, 4.69) is 5.32 Å². The summed E-state index contributed by atoms with van der Waals surface area (Å²) in [5, 5.41) is 14.2. The fraction of sp³-hybridized carbons (Fsp3) is 0.278. The van der Waals surface area contributed by atoms with Crippen molar-refractivity contribution in [3.05, 3.63) is 57.1 Å². The number of hydrogen-bond acceptors (Lipinski definition) is 7. The number of nitrogens with zero attached hydrogens (tertiary/aromatic N) is 1. The van der Waals surface area contributed by atoms with Crippen LogP contribution in [-0.2, 0) is 11.3 Å². The Morgan fingerprint density at radius 1 is 1.12 bits per heavy atom. The molecule has 8 heteroatoms. The number of carbonyl (C=O) groups is 1. The molecular weight excluding hydrogens is 340 g/mol. The maximum atomic E-state index is 12.0. The van der Waals surface area contributed by atoms with Crippen molar-refractivity contribution < 1.29 is 23.9 Å². The highest BCUT2D eigenvalue weighted by Gasteiger charge is 2.20. The zero-order valence-corrected chi connectivity index (χ0v) is 15.0. The molecule has 0 spiro atoms. The number of nitro benzene ring substituents is 1. The number of carbonyl (C=O) groups excluding carboxylic acids is 1. The molecule has 0 aliphatic heterocycles. The average Bonchev–Trinajstić information content (AvgIpc) is 2.65. The molecule has 0 atom stereocenters. The van der Waals surface area contributed by atoms with E-state index >= 15 is 0 Å². The van der Waals surface area contributed by atoms with Crippen molar-refractivity contribution in [2.45, 2.75) is 13.5 Å². The van der Waals surface area contributed by atoms with Crippen molar-refractivity contribution >= 4 is 17.3 Å². The Morgan fingerprint density at radius 3 is 2.38 bits per heavy atom. The van der Waals surface area contributed by atoms with Gasteiger partial charge in [-0.15, -0.1) is 0 Å². The molecule has 2 aromatic rings. The first-order chi connectivity index (χ1) is 12.4. The summed E-state index contributed by atoms with van der Waals surface area (Å²) in [5.74, 6) is 0.542. The summed E-state index contributed by atoms with van der Waals surface area (Å²) in [5.41, 5.74) is 1.74. The third-order valence-corrected chi connectivity index (χ3v) is 3.87. The van der Waals surface area contributed by atoms with Gasteiger partial charge in [0.15, 0.2) is 11.5 Å². The first kappa shape index (κ1) is 19.0. The molecular formula is C18H20N2O6. The van der Waals surface area contributed by atoms with E-state index in [0.29, 0.717) is 29.3 Å². The van der Waals surface area contributed by atoms with Gasteiger partial charge in [-0.3, -0.25) is 10.1 Å². The fourth-order valence-corrected chi connectivity index (χ4v) is 2.51. The van der Waals surface area contributed by atoms with E-state index in [9.17, 15) is 14.9 Å². The van der Waals surface area contributed by atoms with Gasteiger partial charge in [0.05, 0.1) is 31.8 Å². The molecule has 8 nitrogen and oxygen atoms in total. The zero-order chi connectivity index (χ0) is 19.3. The Kier molecular flexibility index (Phi) is 6.00. The van der Waals surface area contributed by atoms with Gasteiger partial charge in [-0.25, -0.2) is 4.79 Å². The third-order valence-electron chi connectivity index (χ3n) is 3.87. The zero-order valence-electron chi connectivity index (χ0n) is 15.0. The number of hydrogen-bond donors (Lipinski definition) is 1. The average molecular weight is 360 g/mol. The van der Waals surface area contributed by atoms with Crippen LogP contribution < -0.4 is 14.8 Å². The topological polar surface area (TPSA) is 99.9 Å². The van der Waals surface area contributed by atoms with Crippen molar-refractivity contribution in [3.8, 4) is 11.5 Å². The Hall–Kier alpha value is -3.29. The number of nitro groups is 1. The van der Waals surface area contributed by atoms with Gasteiger partial charge in [0.2, 0.25) is 0 Å². The molecule has 0 aliphatic rings. The summed E-state index contributed by atoms with van der Waals surface area (Å²) in [7, 11) is 4.33. The molecule has 26 heavy (non-hydrogen) atoms. The first-order valence-electron chi connectivity index (χ1n) is 7.73. The van der Waals surface area contributed by atoms with Gasteiger partial charge in [-0.05, 0) is 30.7 Å². The maximum Gasteiger partial charge on any atom is 0.340 e. The predicted octanol–water partition coefficient (Wildman–Crippen LogP) is 3.32. The second-order valence-electron chi connectivity index (χ2n) is 5.48. The molecule has 0 saturated carbocycles. The standard InChI is InChI=1S/C18H20N2O6/c1-11-7-14(13(18(21)26-4)9-15(11)20(22)23)19-10-12-5-6-16(24-2)17(8-12)25-3/h5-9,19H,10H2,1-4H3. The number of nitrogens with one attached hydrogen (secondary N) is 1. The second kappa shape index (κ2) is 8.19. The quantitative estimate of drug-likeness (QED) is 0.459. The monoisotopic (exact) mass is 360 g/mol. The van der Waals surface area contributed by atoms with Crippen LogP contribution in [0.3, 0.4) is 0 Å². The molecule has 0 bridgehead atoms. The lowest BCUT2D eigenvalue weighted by Gasteiger charge is -2.14. The smallest absolute Gasteiger partial charge is 0.340 e. The highest BCUT2D eigenvalue weighted by atomic mass is 16.6. The third kappa shape index (κ3) is 4.02. The van der Waals surface area contributed by atoms with Crippen molar-refractivity contribution in [2.75, 3.05) is 26.6 Å². The van der Waals surface area contributed by atoms with E-state index in [1.165, 1.54) is 13.2 Å². The molecule has 1 N–H and O–H groups in total. The number of aryl methyl sites for hydroxylation is 1. The molecule has 0 saturated heterocycles. The molecule has 2 aromatic carbocycles. The van der Waals surface area contributed by atoms with E-state index in [0.717, 1.165) is 5.56 Å². The van der Waals surface area contributed by atoms with Crippen molar-refractivity contribution in [1.82, 2.24) is 0 Å². The van der Waals surface area contributed by atoms with E-state index in [-0.39, 0.29) is 11.3 Å². The fourth-order valence-electron chi connectivity index (χ4n) is 2.51. The normalized spacial score (nSPS) is 10.2. The van der Waals surface area contributed by atoms with Crippen LogP contribution in [0.2, 0.25) is 0 Å². The lowest BCUT2D eigenvalue weighted by Crippen LogP contribution is -2.10. The maximum absolute atomic E-state index is 12.0. The lowest BCUT2D eigenvalue weighted by molar-refractivity contribution is -0.385. The van der Waals surface area contributed by atoms with Crippen LogP contribution in [0.5, 0.6) is 11.5 Å². The highest BCUT2D eigenvalue weighted by molar-refractivity contribution is 5.96. The van der Waals surface area contributed by atoms with Crippen molar-refractivity contribution in [1.29, 1.82) is 0 Å². The minimum Gasteiger partial charge on any atom is -0.493 e. The Bertz CT molecular complexity index is 835. The van der Waals surface area contributed by atoms with Gasteiger partial charge in [0, 0.05) is 23.9 Å². The number of anilines is 1. The lowest BCUT2D eigenvalue weighted by atomic mass is 10.1. The summed E-state index contributed by atoms with van der Waals surface area (Å²) in [6.45, 7) is 1.99. The van der Waals surface area contributed by atoms with Crippen LogP contribution in [-0.4, -0.2) is 32.2 Å². The van der Waals surface area contributed by atoms with Gasteiger partial charge >= 0.3 is 5.97 Å². The van der Waals surface area contributed by atoms with Crippen LogP contribution >= 0.6 is 0 Å². The van der Waals surface area contributed by atoms with Gasteiger partial charge in [0.1, 0.15) is 0 Å². The minimum atomic E-state index is -0.650. The summed E-state index contributed by atoms with van der Waals surface area (Å²) >= 11 is 0. The molecule has 0 unspecified atom stereocenters. The molecule has 2 rings (SSSR count). The first-order valence-corrected chi connectivity index (χ1v) is 7.73. The molecule has 0 radical (unpaired) electrons. The number of ether oxygens (including phenoxy) is 3. The molecule has 0 fully saturated rings. The molecule has 0 heterocycles. The second-order valence-corrected chi connectivity index (χ2v) is 5.48. The van der Waals surface area contributed by atoms with Crippen LogP contribution in [0.25, 0.3) is 0 Å². The summed E-state index contributed by atoms with van der Waals surface area (Å²) in [6, 6.07) is 8.22. The van der Waals surface area contributed by atoms with Gasteiger partial charge in [-0.2, -0.15) is 0 Å². The number of methoxy groups -OCH3 is 3. The molecule has 138 valence electrons. The van der Waals surface area contributed by atoms with E-state index in [1.54, 1.807) is 33.3 Å².